The Kier molecular flexibility index (Phi) is 6.90. The van der Waals surface area contributed by atoms with Crippen molar-refractivity contribution < 1.29 is 17.9 Å². The van der Waals surface area contributed by atoms with Gasteiger partial charge in [0.2, 0.25) is 0 Å². The lowest BCUT2D eigenvalue weighted by Gasteiger charge is -2.20. The zero-order valence-electron chi connectivity index (χ0n) is 13.3. The van der Waals surface area contributed by atoms with Crippen molar-refractivity contribution in [3.05, 3.63) is 34.3 Å². The van der Waals surface area contributed by atoms with Crippen molar-refractivity contribution in [2.24, 2.45) is 5.92 Å². The monoisotopic (exact) mass is 358 g/mol. The van der Waals surface area contributed by atoms with E-state index >= 15 is 0 Å². The first-order chi connectivity index (χ1) is 11.0. The topological polar surface area (TPSA) is 60.4 Å². The minimum absolute atomic E-state index is 0.0183. The molecular weight excluding hydrogens is 336 g/mol. The van der Waals surface area contributed by atoms with E-state index in [0.29, 0.717) is 35.4 Å². The van der Waals surface area contributed by atoms with E-state index in [1.165, 1.54) is 0 Å². The third kappa shape index (κ3) is 5.21. The molecule has 4 nitrogen and oxygen atoms in total. The predicted molar refractivity (Wildman–Crippen MR) is 91.4 cm³/mol. The standard InChI is InChI=1S/C17H23ClO4S/c1-2-17(19)22-9-8-12-4-3-5-15(12)13-6-7-14(11-23(20)21)16(18)10-13/h6-7,10,12,15,23H,2-5,8-9,11H2,1H3. The fourth-order valence-corrected chi connectivity index (χ4v) is 4.21. The lowest BCUT2D eigenvalue weighted by molar-refractivity contribution is -0.143. The Morgan fingerprint density at radius 1 is 1.35 bits per heavy atom. The van der Waals surface area contributed by atoms with Crippen LogP contribution in [0.15, 0.2) is 18.2 Å². The van der Waals surface area contributed by atoms with Gasteiger partial charge in [0.25, 0.3) is 0 Å². The maximum absolute atomic E-state index is 11.2. The fourth-order valence-electron chi connectivity index (χ4n) is 3.31. The summed E-state index contributed by atoms with van der Waals surface area (Å²) in [4.78, 5) is 11.2. The van der Waals surface area contributed by atoms with Gasteiger partial charge >= 0.3 is 5.97 Å². The molecule has 2 atom stereocenters. The van der Waals surface area contributed by atoms with Crippen molar-refractivity contribution in [2.45, 2.75) is 50.7 Å². The zero-order valence-corrected chi connectivity index (χ0v) is 14.9. The summed E-state index contributed by atoms with van der Waals surface area (Å²) in [6.45, 7) is 2.26. The van der Waals surface area contributed by atoms with Gasteiger partial charge in [-0.2, -0.15) is 0 Å². The smallest absolute Gasteiger partial charge is 0.305 e. The summed E-state index contributed by atoms with van der Waals surface area (Å²) in [6.07, 6.45) is 4.65. The Bertz CT molecular complexity index is 619. The molecular formula is C17H23ClO4S. The molecule has 0 N–H and O–H groups in total. The molecule has 0 spiro atoms. The van der Waals surface area contributed by atoms with Crippen molar-refractivity contribution in [2.75, 3.05) is 6.61 Å². The number of thiol groups is 1. The van der Waals surface area contributed by atoms with Crippen molar-refractivity contribution in [3.63, 3.8) is 0 Å². The lowest BCUT2D eigenvalue weighted by atomic mass is 9.86. The Morgan fingerprint density at radius 2 is 2.13 bits per heavy atom. The van der Waals surface area contributed by atoms with Gasteiger partial charge in [-0.1, -0.05) is 37.1 Å². The predicted octanol–water partition coefficient (Wildman–Crippen LogP) is 3.68. The second kappa shape index (κ2) is 8.69. The Hall–Kier alpha value is -1.07. The molecule has 1 aromatic carbocycles. The van der Waals surface area contributed by atoms with Crippen LogP contribution in [-0.2, 0) is 26.0 Å². The van der Waals surface area contributed by atoms with Crippen LogP contribution < -0.4 is 0 Å². The number of halogens is 1. The van der Waals surface area contributed by atoms with Crippen molar-refractivity contribution in [1.82, 2.24) is 0 Å². The van der Waals surface area contributed by atoms with Crippen LogP contribution in [0.2, 0.25) is 5.02 Å². The first kappa shape index (κ1) is 18.3. The summed E-state index contributed by atoms with van der Waals surface area (Å²) in [6, 6.07) is 5.70. The fraction of sp³-hybridized carbons (Fsp3) is 0.588. The van der Waals surface area contributed by atoms with E-state index < -0.39 is 10.7 Å². The second-order valence-electron chi connectivity index (χ2n) is 6.00. The van der Waals surface area contributed by atoms with Crippen LogP contribution in [0.1, 0.15) is 56.1 Å². The molecule has 1 saturated carbocycles. The van der Waals surface area contributed by atoms with Gasteiger partial charge in [-0.3, -0.25) is 4.79 Å². The minimum atomic E-state index is -2.47. The van der Waals surface area contributed by atoms with Gasteiger partial charge in [-0.25, -0.2) is 8.42 Å². The molecule has 6 heteroatoms. The highest BCUT2D eigenvalue weighted by molar-refractivity contribution is 7.71. The van der Waals surface area contributed by atoms with Gasteiger partial charge in [0.15, 0.2) is 0 Å². The van der Waals surface area contributed by atoms with Crippen LogP contribution in [-0.4, -0.2) is 21.0 Å². The van der Waals surface area contributed by atoms with Crippen molar-refractivity contribution >= 4 is 28.3 Å². The average molecular weight is 359 g/mol. The summed E-state index contributed by atoms with van der Waals surface area (Å²) in [7, 11) is -2.47. The average Bonchev–Trinajstić information content (AvgIpc) is 2.97. The van der Waals surface area contributed by atoms with E-state index in [0.717, 1.165) is 31.2 Å². The van der Waals surface area contributed by atoms with E-state index in [9.17, 15) is 13.2 Å². The first-order valence-electron chi connectivity index (χ1n) is 8.07. The van der Waals surface area contributed by atoms with Crippen LogP contribution in [0.4, 0.5) is 0 Å². The van der Waals surface area contributed by atoms with Gasteiger partial charge in [-0.05, 0) is 48.3 Å². The number of hydrogen-bond acceptors (Lipinski definition) is 4. The number of rotatable bonds is 7. The molecule has 0 aliphatic heterocycles. The molecule has 1 aliphatic carbocycles. The highest BCUT2D eigenvalue weighted by atomic mass is 35.5. The molecule has 0 bridgehead atoms. The molecule has 1 fully saturated rings. The molecule has 0 amide bonds. The molecule has 0 aromatic heterocycles. The van der Waals surface area contributed by atoms with Gasteiger partial charge in [-0.15, -0.1) is 0 Å². The maximum atomic E-state index is 11.2. The molecule has 23 heavy (non-hydrogen) atoms. The van der Waals surface area contributed by atoms with Crippen LogP contribution in [0.3, 0.4) is 0 Å². The molecule has 2 unspecified atom stereocenters. The van der Waals surface area contributed by atoms with Crippen molar-refractivity contribution in [3.8, 4) is 0 Å². The molecule has 1 aromatic rings. The molecule has 128 valence electrons. The first-order valence-corrected chi connectivity index (χ1v) is 9.81. The van der Waals surface area contributed by atoms with Crippen molar-refractivity contribution in [1.29, 1.82) is 0 Å². The minimum Gasteiger partial charge on any atom is -0.466 e. The summed E-state index contributed by atoms with van der Waals surface area (Å²) in [5.74, 6) is 0.717. The van der Waals surface area contributed by atoms with Gasteiger partial charge in [0.05, 0.1) is 12.4 Å². The van der Waals surface area contributed by atoms with E-state index in [4.69, 9.17) is 16.3 Å². The molecule has 1 aliphatic rings. The summed E-state index contributed by atoms with van der Waals surface area (Å²) in [5.41, 5.74) is 1.81. The van der Waals surface area contributed by atoms with E-state index in [-0.39, 0.29) is 11.7 Å². The number of hydrogen-bond donors (Lipinski definition) is 1. The Morgan fingerprint density at radius 3 is 2.78 bits per heavy atom. The summed E-state index contributed by atoms with van der Waals surface area (Å²) >= 11 is 6.23. The molecule has 0 saturated heterocycles. The summed E-state index contributed by atoms with van der Waals surface area (Å²) < 4.78 is 26.9. The highest BCUT2D eigenvalue weighted by Gasteiger charge is 2.28. The molecule has 2 rings (SSSR count). The number of ether oxygens (including phenoxy) is 1. The van der Waals surface area contributed by atoms with Gasteiger partial charge in [0.1, 0.15) is 10.7 Å². The second-order valence-corrected chi connectivity index (χ2v) is 7.39. The molecule has 0 heterocycles. The number of carbonyl (C=O) groups excluding carboxylic acids is 1. The van der Waals surface area contributed by atoms with Gasteiger partial charge in [0, 0.05) is 11.4 Å². The van der Waals surface area contributed by atoms with E-state index in [1.807, 2.05) is 18.2 Å². The van der Waals surface area contributed by atoms with Crippen LogP contribution in [0, 0.1) is 5.92 Å². The van der Waals surface area contributed by atoms with E-state index in [2.05, 4.69) is 0 Å². The SMILES string of the molecule is CCC(=O)OCCC1CCCC1c1ccc(C[SH](=O)=O)c(Cl)c1. The van der Waals surface area contributed by atoms with Crippen LogP contribution >= 0.6 is 11.6 Å². The maximum Gasteiger partial charge on any atom is 0.305 e. The summed E-state index contributed by atoms with van der Waals surface area (Å²) in [5, 5.41) is 0.518. The lowest BCUT2D eigenvalue weighted by Crippen LogP contribution is -2.12. The van der Waals surface area contributed by atoms with Crippen LogP contribution in [0.5, 0.6) is 0 Å². The number of esters is 1. The van der Waals surface area contributed by atoms with E-state index in [1.54, 1.807) is 6.92 Å². The third-order valence-electron chi connectivity index (χ3n) is 4.50. The normalized spacial score (nSPS) is 20.8. The van der Waals surface area contributed by atoms with Crippen LogP contribution in [0.25, 0.3) is 0 Å². The quantitative estimate of drug-likeness (QED) is 0.596. The zero-order chi connectivity index (χ0) is 16.8. The largest absolute Gasteiger partial charge is 0.466 e. The number of carbonyl (C=O) groups is 1. The Balaban J connectivity index is 2.01. The van der Waals surface area contributed by atoms with Gasteiger partial charge < -0.3 is 4.74 Å². The third-order valence-corrected chi connectivity index (χ3v) is 5.45. The number of benzene rings is 1. The Labute approximate surface area is 144 Å². The highest BCUT2D eigenvalue weighted by Crippen LogP contribution is 2.42. The molecule has 0 radical (unpaired) electrons.